The molecule has 0 amide bonds. The zero-order valence-electron chi connectivity index (χ0n) is 13.5. The van der Waals surface area contributed by atoms with Crippen molar-refractivity contribution in [2.24, 2.45) is 0 Å². The molecule has 118 valence electrons. The molecular weight excluding hydrogens is 330 g/mol. The average Bonchev–Trinajstić information content (AvgIpc) is 2.88. The highest BCUT2D eigenvalue weighted by Crippen LogP contribution is 2.31. The van der Waals surface area contributed by atoms with Gasteiger partial charge in [0.15, 0.2) is 0 Å². The van der Waals surface area contributed by atoms with E-state index in [1.807, 2.05) is 4.68 Å². The van der Waals surface area contributed by atoms with Gasteiger partial charge in [0.1, 0.15) is 5.69 Å². The Morgan fingerprint density at radius 3 is 2.52 bits per heavy atom. The van der Waals surface area contributed by atoms with Crippen LogP contribution in [0.25, 0.3) is 0 Å². The molecule has 0 N–H and O–H groups in total. The van der Waals surface area contributed by atoms with Gasteiger partial charge < -0.3 is 0 Å². The summed E-state index contributed by atoms with van der Waals surface area (Å²) >= 11 is 3.51. The van der Waals surface area contributed by atoms with E-state index in [2.05, 4.69) is 53.6 Å². The van der Waals surface area contributed by atoms with Gasteiger partial charge in [-0.05, 0) is 69.1 Å². The standard InChI is InChI=1S/C16H26BrN3O/c1-5-16(4,19-9-7-6-8-10-19)15(21)14-13(17)11-18-20(14)12(2)3/h11-12H,5-10H2,1-4H3. The molecule has 0 aliphatic carbocycles. The first-order valence-corrected chi connectivity index (χ1v) is 8.74. The van der Waals surface area contributed by atoms with Gasteiger partial charge in [-0.25, -0.2) is 0 Å². The number of hydrogen-bond donors (Lipinski definition) is 0. The minimum absolute atomic E-state index is 0.178. The molecule has 1 unspecified atom stereocenters. The normalized spacial score (nSPS) is 19.7. The van der Waals surface area contributed by atoms with E-state index in [4.69, 9.17) is 0 Å². The van der Waals surface area contributed by atoms with Crippen molar-refractivity contribution in [2.45, 2.75) is 65.0 Å². The first kappa shape index (κ1) is 16.7. The molecule has 0 saturated carbocycles. The third-order valence-corrected chi connectivity index (χ3v) is 5.27. The fraction of sp³-hybridized carbons (Fsp3) is 0.750. The fourth-order valence-electron chi connectivity index (χ4n) is 3.12. The minimum atomic E-state index is -0.435. The van der Waals surface area contributed by atoms with Crippen LogP contribution in [0.2, 0.25) is 0 Å². The molecule has 1 aromatic rings. The topological polar surface area (TPSA) is 38.1 Å². The zero-order valence-corrected chi connectivity index (χ0v) is 15.1. The number of ketones is 1. The maximum Gasteiger partial charge on any atom is 0.201 e. The van der Waals surface area contributed by atoms with E-state index in [1.165, 1.54) is 19.3 Å². The van der Waals surface area contributed by atoms with E-state index < -0.39 is 5.54 Å². The maximum absolute atomic E-state index is 13.3. The molecule has 0 spiro atoms. The highest BCUT2D eigenvalue weighted by molar-refractivity contribution is 9.10. The second-order valence-electron chi connectivity index (χ2n) is 6.38. The second kappa shape index (κ2) is 6.61. The van der Waals surface area contributed by atoms with Crippen LogP contribution in [0.5, 0.6) is 0 Å². The quantitative estimate of drug-likeness (QED) is 0.747. The molecule has 0 aromatic carbocycles. The smallest absolute Gasteiger partial charge is 0.201 e. The molecule has 0 bridgehead atoms. The van der Waals surface area contributed by atoms with Crippen LogP contribution in [-0.4, -0.2) is 39.1 Å². The highest BCUT2D eigenvalue weighted by atomic mass is 79.9. The number of rotatable bonds is 5. The molecule has 1 aromatic heterocycles. The van der Waals surface area contributed by atoms with Crippen molar-refractivity contribution in [3.05, 3.63) is 16.4 Å². The Kier molecular flexibility index (Phi) is 5.25. The van der Waals surface area contributed by atoms with E-state index in [-0.39, 0.29) is 11.8 Å². The lowest BCUT2D eigenvalue weighted by Crippen LogP contribution is -2.54. The van der Waals surface area contributed by atoms with E-state index in [9.17, 15) is 4.79 Å². The van der Waals surface area contributed by atoms with Gasteiger partial charge in [-0.1, -0.05) is 13.3 Å². The van der Waals surface area contributed by atoms with Crippen LogP contribution in [0.1, 0.15) is 69.9 Å². The van der Waals surface area contributed by atoms with Crippen molar-refractivity contribution in [3.63, 3.8) is 0 Å². The average molecular weight is 356 g/mol. The number of halogens is 1. The molecule has 0 radical (unpaired) electrons. The fourth-order valence-corrected chi connectivity index (χ4v) is 3.57. The Bertz CT molecular complexity index is 506. The van der Waals surface area contributed by atoms with Crippen molar-refractivity contribution in [3.8, 4) is 0 Å². The summed E-state index contributed by atoms with van der Waals surface area (Å²) in [6, 6.07) is 0.178. The van der Waals surface area contributed by atoms with Gasteiger partial charge in [0.2, 0.25) is 5.78 Å². The van der Waals surface area contributed by atoms with Crippen LogP contribution in [0.15, 0.2) is 10.7 Å². The van der Waals surface area contributed by atoms with Crippen LogP contribution in [0.3, 0.4) is 0 Å². The van der Waals surface area contributed by atoms with Crippen molar-refractivity contribution < 1.29 is 4.79 Å². The van der Waals surface area contributed by atoms with E-state index in [1.54, 1.807) is 6.20 Å². The summed E-state index contributed by atoms with van der Waals surface area (Å²) in [5.74, 6) is 0.185. The monoisotopic (exact) mass is 355 g/mol. The lowest BCUT2D eigenvalue weighted by Gasteiger charge is -2.42. The molecule has 4 nitrogen and oxygen atoms in total. The molecular formula is C16H26BrN3O. The first-order chi connectivity index (χ1) is 9.91. The van der Waals surface area contributed by atoms with Crippen LogP contribution in [-0.2, 0) is 0 Å². The third kappa shape index (κ3) is 3.09. The molecule has 2 heterocycles. The van der Waals surface area contributed by atoms with Crippen LogP contribution < -0.4 is 0 Å². The Balaban J connectivity index is 2.38. The summed E-state index contributed by atoms with van der Waals surface area (Å²) < 4.78 is 2.64. The lowest BCUT2D eigenvalue weighted by molar-refractivity contribution is 0.0492. The van der Waals surface area contributed by atoms with E-state index >= 15 is 0 Å². The number of nitrogens with zero attached hydrogens (tertiary/aromatic N) is 3. The predicted octanol–water partition coefficient (Wildman–Crippen LogP) is 4.06. The Labute approximate surface area is 136 Å². The largest absolute Gasteiger partial charge is 0.291 e. The summed E-state index contributed by atoms with van der Waals surface area (Å²) in [6.45, 7) is 10.3. The van der Waals surface area contributed by atoms with E-state index in [0.29, 0.717) is 5.69 Å². The molecule has 1 saturated heterocycles. The summed E-state index contributed by atoms with van der Waals surface area (Å²) in [4.78, 5) is 15.6. The van der Waals surface area contributed by atoms with Crippen LogP contribution >= 0.6 is 15.9 Å². The van der Waals surface area contributed by atoms with Crippen molar-refractivity contribution in [1.29, 1.82) is 0 Å². The number of Topliss-reactive ketones (excluding diaryl/α,β-unsaturated/α-hetero) is 1. The molecule has 21 heavy (non-hydrogen) atoms. The van der Waals surface area contributed by atoms with Gasteiger partial charge in [0, 0.05) is 6.04 Å². The van der Waals surface area contributed by atoms with Crippen molar-refractivity contribution in [1.82, 2.24) is 14.7 Å². The number of carbonyl (C=O) groups is 1. The van der Waals surface area contributed by atoms with Gasteiger partial charge in [0.05, 0.1) is 16.2 Å². The van der Waals surface area contributed by atoms with Crippen molar-refractivity contribution in [2.75, 3.05) is 13.1 Å². The van der Waals surface area contributed by atoms with Gasteiger partial charge in [-0.2, -0.15) is 5.10 Å². The maximum atomic E-state index is 13.3. The van der Waals surface area contributed by atoms with Gasteiger partial charge >= 0.3 is 0 Å². The van der Waals surface area contributed by atoms with Crippen molar-refractivity contribution >= 4 is 21.7 Å². The zero-order chi connectivity index (χ0) is 15.6. The Morgan fingerprint density at radius 1 is 1.38 bits per heavy atom. The highest BCUT2D eigenvalue weighted by Gasteiger charge is 2.41. The van der Waals surface area contributed by atoms with E-state index in [0.717, 1.165) is 24.0 Å². The van der Waals surface area contributed by atoms with Crippen LogP contribution in [0.4, 0.5) is 0 Å². The van der Waals surface area contributed by atoms with Gasteiger partial charge in [-0.15, -0.1) is 0 Å². The Hall–Kier alpha value is -0.680. The molecule has 2 rings (SSSR count). The summed E-state index contributed by atoms with van der Waals surface area (Å²) in [5.41, 5.74) is 0.273. The first-order valence-electron chi connectivity index (χ1n) is 7.94. The number of hydrogen-bond acceptors (Lipinski definition) is 3. The predicted molar refractivity (Wildman–Crippen MR) is 88.8 cm³/mol. The SMILES string of the molecule is CCC(C)(C(=O)c1c(Br)cnn1C(C)C)N1CCCCC1. The minimum Gasteiger partial charge on any atom is -0.291 e. The molecule has 5 heteroatoms. The Morgan fingerprint density at radius 2 is 2.00 bits per heavy atom. The van der Waals surface area contributed by atoms with Gasteiger partial charge in [-0.3, -0.25) is 14.4 Å². The number of piperidine rings is 1. The second-order valence-corrected chi connectivity index (χ2v) is 7.24. The molecule has 1 aliphatic rings. The molecule has 1 fully saturated rings. The number of carbonyl (C=O) groups excluding carboxylic acids is 1. The summed E-state index contributed by atoms with van der Waals surface area (Å²) in [6.07, 6.45) is 6.21. The lowest BCUT2D eigenvalue weighted by atomic mass is 9.87. The molecule has 1 atom stereocenters. The number of likely N-dealkylation sites (tertiary alicyclic amines) is 1. The molecule has 1 aliphatic heterocycles. The third-order valence-electron chi connectivity index (χ3n) is 4.69. The summed E-state index contributed by atoms with van der Waals surface area (Å²) in [7, 11) is 0. The van der Waals surface area contributed by atoms with Crippen LogP contribution in [0, 0.1) is 0 Å². The summed E-state index contributed by atoms with van der Waals surface area (Å²) in [5, 5.41) is 4.36. The van der Waals surface area contributed by atoms with Gasteiger partial charge in [0.25, 0.3) is 0 Å². The number of aromatic nitrogens is 2.